The van der Waals surface area contributed by atoms with Crippen molar-refractivity contribution in [1.82, 2.24) is 9.80 Å². The van der Waals surface area contributed by atoms with Crippen molar-refractivity contribution in [1.29, 1.82) is 0 Å². The Kier molecular flexibility index (Phi) is 7.90. The van der Waals surface area contributed by atoms with Crippen LogP contribution in [0.4, 0.5) is 4.79 Å². The quantitative estimate of drug-likeness (QED) is 0.506. The molecule has 2 aliphatic heterocycles. The van der Waals surface area contributed by atoms with Gasteiger partial charge in [0, 0.05) is 24.5 Å². The predicted molar refractivity (Wildman–Crippen MR) is 131 cm³/mol. The van der Waals surface area contributed by atoms with Crippen molar-refractivity contribution in [2.24, 2.45) is 11.8 Å². The monoisotopic (exact) mass is 452 g/mol. The van der Waals surface area contributed by atoms with E-state index in [1.807, 2.05) is 36.4 Å². The van der Waals surface area contributed by atoms with Crippen LogP contribution in [0, 0.1) is 11.8 Å². The van der Waals surface area contributed by atoms with Gasteiger partial charge in [0.25, 0.3) is 0 Å². The van der Waals surface area contributed by atoms with Crippen LogP contribution in [0.25, 0.3) is 0 Å². The van der Waals surface area contributed by atoms with Crippen molar-refractivity contribution < 1.29 is 14.3 Å². The van der Waals surface area contributed by atoms with E-state index in [1.165, 1.54) is 37.0 Å². The van der Waals surface area contributed by atoms with Crippen molar-refractivity contribution in [3.8, 4) is 0 Å². The number of amides is 2. The Morgan fingerprint density at radius 1 is 1.12 bits per heavy atom. The largest absolute Gasteiger partial charge is 0.447 e. The van der Waals surface area contributed by atoms with Gasteiger partial charge in [-0.05, 0) is 49.5 Å². The van der Waals surface area contributed by atoms with Gasteiger partial charge >= 0.3 is 6.09 Å². The van der Waals surface area contributed by atoms with E-state index in [-0.39, 0.29) is 24.6 Å². The van der Waals surface area contributed by atoms with Gasteiger partial charge in [-0.2, -0.15) is 0 Å². The molecule has 1 aromatic rings. The lowest BCUT2D eigenvalue weighted by atomic mass is 9.74. The Morgan fingerprint density at radius 3 is 2.55 bits per heavy atom. The van der Waals surface area contributed by atoms with Crippen molar-refractivity contribution in [2.45, 2.75) is 95.8 Å². The molecule has 0 aromatic heterocycles. The van der Waals surface area contributed by atoms with E-state index < -0.39 is 6.09 Å². The number of carbonyl (C=O) groups excluding carboxylic acids is 2. The second-order valence-corrected chi connectivity index (χ2v) is 10.4. The summed E-state index contributed by atoms with van der Waals surface area (Å²) in [6.45, 7) is 8.92. The first kappa shape index (κ1) is 24.0. The summed E-state index contributed by atoms with van der Waals surface area (Å²) >= 11 is 0. The van der Waals surface area contributed by atoms with Gasteiger partial charge in [-0.1, -0.05) is 69.5 Å². The molecule has 5 heteroatoms. The maximum absolute atomic E-state index is 13.6. The fraction of sp³-hybridized carbons (Fsp3) is 0.643. The lowest BCUT2D eigenvalue weighted by Crippen LogP contribution is -2.59. The molecule has 4 rings (SSSR count). The minimum Gasteiger partial charge on any atom is -0.447 e. The van der Waals surface area contributed by atoms with Gasteiger partial charge in [0.1, 0.15) is 6.61 Å². The SMILES string of the molecule is C=CC[C@@H]1C[C@@H](C)[C@@H](C)[C@H](CC(=O)N2C(=O)OC[C@@H]2Cc2ccccc2)N1C1CCCCC1. The minimum absolute atomic E-state index is 0.0810. The maximum atomic E-state index is 13.6. The lowest BCUT2D eigenvalue weighted by molar-refractivity contribution is -0.133. The number of ether oxygens (including phenoxy) is 1. The molecular weight excluding hydrogens is 412 g/mol. The molecule has 1 aromatic carbocycles. The number of imide groups is 1. The molecule has 33 heavy (non-hydrogen) atoms. The van der Waals surface area contributed by atoms with Gasteiger partial charge in [-0.25, -0.2) is 9.69 Å². The summed E-state index contributed by atoms with van der Waals surface area (Å²) in [6, 6.07) is 10.9. The molecular formula is C28H40N2O3. The third-order valence-corrected chi connectivity index (χ3v) is 8.32. The van der Waals surface area contributed by atoms with Gasteiger partial charge in [-0.15, -0.1) is 6.58 Å². The molecule has 0 N–H and O–H groups in total. The molecule has 0 bridgehead atoms. The van der Waals surface area contributed by atoms with E-state index >= 15 is 0 Å². The predicted octanol–water partition coefficient (Wildman–Crippen LogP) is 5.59. The third kappa shape index (κ3) is 5.34. The zero-order chi connectivity index (χ0) is 23.4. The van der Waals surface area contributed by atoms with E-state index in [0.29, 0.717) is 36.8 Å². The van der Waals surface area contributed by atoms with Crippen LogP contribution in [-0.2, 0) is 16.0 Å². The summed E-state index contributed by atoms with van der Waals surface area (Å²) in [5.41, 5.74) is 1.12. The molecule has 3 aliphatic rings. The number of benzene rings is 1. The minimum atomic E-state index is -0.482. The normalized spacial score (nSPS) is 31.4. The highest BCUT2D eigenvalue weighted by molar-refractivity contribution is 5.93. The first-order chi connectivity index (χ1) is 16.0. The number of nitrogens with zero attached hydrogens (tertiary/aromatic N) is 2. The van der Waals surface area contributed by atoms with Crippen LogP contribution in [0.1, 0.15) is 70.8 Å². The van der Waals surface area contributed by atoms with Crippen LogP contribution in [0.3, 0.4) is 0 Å². The molecule has 1 aliphatic carbocycles. The van der Waals surface area contributed by atoms with Crippen LogP contribution in [0.15, 0.2) is 43.0 Å². The van der Waals surface area contributed by atoms with Gasteiger partial charge in [0.05, 0.1) is 6.04 Å². The Labute approximate surface area is 199 Å². The third-order valence-electron chi connectivity index (χ3n) is 8.32. The van der Waals surface area contributed by atoms with E-state index in [9.17, 15) is 9.59 Å². The summed E-state index contributed by atoms with van der Waals surface area (Å²) in [5, 5.41) is 0. The lowest BCUT2D eigenvalue weighted by Gasteiger charge is -2.52. The van der Waals surface area contributed by atoms with Gasteiger partial charge in [-0.3, -0.25) is 9.69 Å². The molecule has 0 spiro atoms. The first-order valence-corrected chi connectivity index (χ1v) is 12.9. The molecule has 3 fully saturated rings. The van der Waals surface area contributed by atoms with Crippen LogP contribution in [-0.4, -0.2) is 52.6 Å². The highest BCUT2D eigenvalue weighted by Crippen LogP contribution is 2.40. The van der Waals surface area contributed by atoms with Crippen molar-refractivity contribution >= 4 is 12.0 Å². The average molecular weight is 453 g/mol. The van der Waals surface area contributed by atoms with E-state index in [1.54, 1.807) is 0 Å². The van der Waals surface area contributed by atoms with Crippen LogP contribution < -0.4 is 0 Å². The van der Waals surface area contributed by atoms with E-state index in [2.05, 4.69) is 25.3 Å². The molecule has 0 unspecified atom stereocenters. The molecule has 2 saturated heterocycles. The highest BCUT2D eigenvalue weighted by Gasteiger charge is 2.45. The van der Waals surface area contributed by atoms with Gasteiger partial charge < -0.3 is 4.74 Å². The fourth-order valence-electron chi connectivity index (χ4n) is 6.42. The summed E-state index contributed by atoms with van der Waals surface area (Å²) in [5.74, 6) is 0.865. The second-order valence-electron chi connectivity index (χ2n) is 10.4. The number of cyclic esters (lactones) is 1. The average Bonchev–Trinajstić information content (AvgIpc) is 3.18. The summed E-state index contributed by atoms with van der Waals surface area (Å²) in [4.78, 5) is 30.4. The Balaban J connectivity index is 1.54. The topological polar surface area (TPSA) is 49.9 Å². The van der Waals surface area contributed by atoms with Crippen molar-refractivity contribution in [2.75, 3.05) is 6.61 Å². The molecule has 180 valence electrons. The van der Waals surface area contributed by atoms with Crippen molar-refractivity contribution in [3.63, 3.8) is 0 Å². The Bertz CT molecular complexity index is 820. The second kappa shape index (κ2) is 10.9. The standard InChI is InChI=1S/C28H40N2O3/c1-4-11-24-16-20(2)21(3)26(29(24)23-14-9-6-10-15-23)18-27(31)30-25(19-33-28(30)32)17-22-12-7-5-8-13-22/h4-5,7-8,12-13,20-21,23-26H,1,6,9-11,14-19H2,2-3H3/t20-,21-,24-,25+,26+/m1/s1. The Hall–Kier alpha value is -2.14. The van der Waals surface area contributed by atoms with E-state index in [4.69, 9.17) is 4.74 Å². The summed E-state index contributed by atoms with van der Waals surface area (Å²) < 4.78 is 5.35. The highest BCUT2D eigenvalue weighted by atomic mass is 16.6. The molecule has 2 heterocycles. The maximum Gasteiger partial charge on any atom is 0.416 e. The molecule has 5 nitrogen and oxygen atoms in total. The number of likely N-dealkylation sites (tertiary alicyclic amines) is 1. The molecule has 2 amide bonds. The smallest absolute Gasteiger partial charge is 0.416 e. The number of rotatable bonds is 7. The fourth-order valence-corrected chi connectivity index (χ4v) is 6.42. The van der Waals surface area contributed by atoms with Gasteiger partial charge in [0.15, 0.2) is 0 Å². The van der Waals surface area contributed by atoms with E-state index in [0.717, 1.165) is 18.4 Å². The number of hydrogen-bond donors (Lipinski definition) is 0. The zero-order valence-corrected chi connectivity index (χ0v) is 20.3. The first-order valence-electron chi connectivity index (χ1n) is 12.9. The van der Waals surface area contributed by atoms with Crippen LogP contribution >= 0.6 is 0 Å². The Morgan fingerprint density at radius 2 is 1.85 bits per heavy atom. The number of piperidine rings is 1. The summed E-state index contributed by atoms with van der Waals surface area (Å²) in [6.07, 6.45) is 11.0. The number of hydrogen-bond acceptors (Lipinski definition) is 4. The van der Waals surface area contributed by atoms with Crippen LogP contribution in [0.2, 0.25) is 0 Å². The number of carbonyl (C=O) groups is 2. The summed E-state index contributed by atoms with van der Waals surface area (Å²) in [7, 11) is 0. The molecule has 1 saturated carbocycles. The molecule has 5 atom stereocenters. The molecule has 0 radical (unpaired) electrons. The van der Waals surface area contributed by atoms with Crippen LogP contribution in [0.5, 0.6) is 0 Å². The van der Waals surface area contributed by atoms with Gasteiger partial charge in [0.2, 0.25) is 5.91 Å². The van der Waals surface area contributed by atoms with Crippen molar-refractivity contribution in [3.05, 3.63) is 48.6 Å². The zero-order valence-electron chi connectivity index (χ0n) is 20.3.